The molecule has 2 aromatic heterocycles. The molecule has 158 valence electrons. The van der Waals surface area contributed by atoms with Gasteiger partial charge in [-0.25, -0.2) is 9.50 Å². The van der Waals surface area contributed by atoms with Crippen LogP contribution in [-0.4, -0.2) is 47.6 Å². The molecule has 3 aromatic rings. The number of anilines is 1. The third kappa shape index (κ3) is 3.63. The number of nitrogens with one attached hydrogen (secondary N) is 1. The summed E-state index contributed by atoms with van der Waals surface area (Å²) in [7, 11) is 1.71. The molecule has 1 saturated carbocycles. The molecule has 1 aliphatic heterocycles. The van der Waals surface area contributed by atoms with Crippen molar-refractivity contribution in [1.82, 2.24) is 14.6 Å². The van der Waals surface area contributed by atoms with Gasteiger partial charge in [-0.3, -0.25) is 0 Å². The Kier molecular flexibility index (Phi) is 5.31. The summed E-state index contributed by atoms with van der Waals surface area (Å²) in [5.74, 6) is 2.95. The van der Waals surface area contributed by atoms with Gasteiger partial charge in [0.05, 0.1) is 24.9 Å². The number of nitrogens with zero attached hydrogens (tertiary/aromatic N) is 3. The van der Waals surface area contributed by atoms with Gasteiger partial charge in [-0.2, -0.15) is 5.10 Å². The minimum absolute atomic E-state index is 0.0113. The summed E-state index contributed by atoms with van der Waals surface area (Å²) in [6.07, 6.45) is 5.92. The fourth-order valence-electron chi connectivity index (χ4n) is 4.81. The van der Waals surface area contributed by atoms with Gasteiger partial charge in [-0.1, -0.05) is 30.3 Å². The van der Waals surface area contributed by atoms with Crippen LogP contribution >= 0.6 is 0 Å². The lowest BCUT2D eigenvalue weighted by Gasteiger charge is -2.19. The molecule has 0 spiro atoms. The number of fused-ring (bicyclic) bond motifs is 2. The van der Waals surface area contributed by atoms with E-state index in [0.29, 0.717) is 18.4 Å². The maximum absolute atomic E-state index is 6.42. The first-order chi connectivity index (χ1) is 14.7. The second-order valence-electron chi connectivity index (χ2n) is 8.35. The molecule has 2 fully saturated rings. The van der Waals surface area contributed by atoms with Crippen LogP contribution in [0, 0.1) is 18.8 Å². The maximum atomic E-state index is 6.42. The largest absolute Gasteiger partial charge is 0.488 e. The lowest BCUT2D eigenvalue weighted by molar-refractivity contribution is 0.137. The van der Waals surface area contributed by atoms with E-state index >= 15 is 0 Å². The van der Waals surface area contributed by atoms with E-state index in [0.717, 1.165) is 54.3 Å². The highest BCUT2D eigenvalue weighted by Gasteiger charge is 2.39. The molecule has 0 bridgehead atoms. The normalized spacial score (nSPS) is 24.1. The fourth-order valence-corrected chi connectivity index (χ4v) is 4.81. The van der Waals surface area contributed by atoms with Gasteiger partial charge in [0.15, 0.2) is 5.82 Å². The highest BCUT2D eigenvalue weighted by molar-refractivity contribution is 5.75. The number of hydrogen-bond acceptors (Lipinski definition) is 6. The highest BCUT2D eigenvalue weighted by Crippen LogP contribution is 2.40. The molecule has 7 nitrogen and oxygen atoms in total. The van der Waals surface area contributed by atoms with Crippen LogP contribution in [0.25, 0.3) is 5.52 Å². The number of aryl methyl sites for hydroxylation is 1. The molecule has 0 amide bonds. The van der Waals surface area contributed by atoms with Crippen LogP contribution in [0.2, 0.25) is 0 Å². The van der Waals surface area contributed by atoms with Crippen molar-refractivity contribution in [3.8, 4) is 5.75 Å². The van der Waals surface area contributed by atoms with Crippen LogP contribution in [0.1, 0.15) is 30.0 Å². The average molecular weight is 409 g/mol. The summed E-state index contributed by atoms with van der Waals surface area (Å²) >= 11 is 0. The minimum atomic E-state index is -0.0113. The molecule has 7 heteroatoms. The summed E-state index contributed by atoms with van der Waals surface area (Å²) in [5.41, 5.74) is 3.14. The summed E-state index contributed by atoms with van der Waals surface area (Å²) in [4.78, 5) is 4.54. The van der Waals surface area contributed by atoms with Crippen molar-refractivity contribution >= 4 is 11.3 Å². The van der Waals surface area contributed by atoms with E-state index in [9.17, 15) is 0 Å². The zero-order chi connectivity index (χ0) is 20.5. The molecular weight excluding hydrogens is 380 g/mol. The zero-order valence-electron chi connectivity index (χ0n) is 17.5. The molecule has 0 radical (unpaired) electrons. The molecule has 30 heavy (non-hydrogen) atoms. The van der Waals surface area contributed by atoms with Crippen molar-refractivity contribution in [2.45, 2.75) is 31.9 Å². The van der Waals surface area contributed by atoms with E-state index in [4.69, 9.17) is 14.2 Å². The Hall–Kier alpha value is -2.64. The number of hydrogen-bond donors (Lipinski definition) is 1. The van der Waals surface area contributed by atoms with Gasteiger partial charge in [-0.15, -0.1) is 0 Å². The summed E-state index contributed by atoms with van der Waals surface area (Å²) in [6.45, 7) is 4.37. The van der Waals surface area contributed by atoms with Crippen molar-refractivity contribution < 1.29 is 14.2 Å². The Balaban J connectivity index is 1.41. The lowest BCUT2D eigenvalue weighted by Crippen LogP contribution is -2.18. The second kappa shape index (κ2) is 8.24. The molecular formula is C23H28N4O3. The summed E-state index contributed by atoms with van der Waals surface area (Å²) in [5, 5.41) is 7.97. The summed E-state index contributed by atoms with van der Waals surface area (Å²) in [6, 6.07) is 10.3. The first-order valence-electron chi connectivity index (χ1n) is 10.6. The standard InChI is InChI=1S/C23H28N4O3/c1-15-21(30-19-8-17-11-29-12-18(17)9-19)10-27-22(15)23(24-14-25-27)26-20(13-28-2)16-6-4-3-5-7-16/h3-7,10,14,17-20H,8-9,11-13H2,1-2H3,(H,24,25,26)/t17?,18?,19?,20-/m1/s1. The van der Waals surface area contributed by atoms with Crippen LogP contribution in [-0.2, 0) is 9.47 Å². The van der Waals surface area contributed by atoms with Crippen LogP contribution in [0.5, 0.6) is 5.75 Å². The molecule has 1 aliphatic carbocycles. The van der Waals surface area contributed by atoms with Gasteiger partial charge < -0.3 is 19.5 Å². The van der Waals surface area contributed by atoms with Crippen molar-refractivity contribution in [3.63, 3.8) is 0 Å². The van der Waals surface area contributed by atoms with Gasteiger partial charge in [-0.05, 0) is 37.2 Å². The van der Waals surface area contributed by atoms with Crippen LogP contribution in [0.3, 0.4) is 0 Å². The first-order valence-corrected chi connectivity index (χ1v) is 10.6. The lowest BCUT2D eigenvalue weighted by atomic mass is 10.0. The van der Waals surface area contributed by atoms with Crippen molar-refractivity contribution in [3.05, 3.63) is 54.0 Å². The number of rotatable bonds is 7. The Morgan fingerprint density at radius 2 is 1.97 bits per heavy atom. The third-order valence-electron chi connectivity index (χ3n) is 6.38. The zero-order valence-corrected chi connectivity index (χ0v) is 17.5. The Labute approximate surface area is 176 Å². The van der Waals surface area contributed by atoms with Gasteiger partial charge in [0, 0.05) is 25.9 Å². The van der Waals surface area contributed by atoms with Crippen molar-refractivity contribution in [2.75, 3.05) is 32.2 Å². The van der Waals surface area contributed by atoms with Gasteiger partial charge in [0.1, 0.15) is 17.6 Å². The van der Waals surface area contributed by atoms with Gasteiger partial charge >= 0.3 is 0 Å². The molecule has 1 N–H and O–H groups in total. The predicted octanol–water partition coefficient (Wildman–Crippen LogP) is 3.64. The minimum Gasteiger partial charge on any atom is -0.488 e. The molecule has 3 atom stereocenters. The maximum Gasteiger partial charge on any atom is 0.154 e. The van der Waals surface area contributed by atoms with Crippen molar-refractivity contribution in [2.24, 2.45) is 11.8 Å². The molecule has 3 heterocycles. The highest BCUT2D eigenvalue weighted by atomic mass is 16.5. The van der Waals surface area contributed by atoms with Crippen LogP contribution < -0.4 is 10.1 Å². The van der Waals surface area contributed by atoms with E-state index < -0.39 is 0 Å². The number of methoxy groups -OCH3 is 1. The Bertz CT molecular complexity index is 994. The van der Waals surface area contributed by atoms with E-state index in [1.807, 2.05) is 28.9 Å². The molecule has 5 rings (SSSR count). The number of aromatic nitrogens is 3. The quantitative estimate of drug-likeness (QED) is 0.644. The topological polar surface area (TPSA) is 69.9 Å². The molecule has 1 saturated heterocycles. The monoisotopic (exact) mass is 408 g/mol. The summed E-state index contributed by atoms with van der Waals surface area (Å²) < 4.78 is 19.3. The Morgan fingerprint density at radius 1 is 1.20 bits per heavy atom. The van der Waals surface area contributed by atoms with E-state index in [1.165, 1.54) is 0 Å². The fraction of sp³-hybridized carbons (Fsp3) is 0.478. The average Bonchev–Trinajstić information content (AvgIpc) is 3.43. The third-order valence-corrected chi connectivity index (χ3v) is 6.38. The van der Waals surface area contributed by atoms with E-state index in [2.05, 4.69) is 34.5 Å². The smallest absolute Gasteiger partial charge is 0.154 e. The second-order valence-corrected chi connectivity index (χ2v) is 8.35. The van der Waals surface area contributed by atoms with Crippen LogP contribution in [0.15, 0.2) is 42.9 Å². The first kappa shape index (κ1) is 19.3. The molecule has 1 aromatic carbocycles. The SMILES string of the molecule is COC[C@@H](Nc1ncnn2cc(OC3CC4COCC4C3)c(C)c12)c1ccccc1. The van der Waals surface area contributed by atoms with Crippen LogP contribution in [0.4, 0.5) is 5.82 Å². The molecule has 2 aliphatic rings. The number of ether oxygens (including phenoxy) is 3. The van der Waals surface area contributed by atoms with Gasteiger partial charge in [0.2, 0.25) is 0 Å². The van der Waals surface area contributed by atoms with Crippen molar-refractivity contribution in [1.29, 1.82) is 0 Å². The predicted molar refractivity (Wildman–Crippen MR) is 114 cm³/mol. The molecule has 2 unspecified atom stereocenters. The Morgan fingerprint density at radius 3 is 2.70 bits per heavy atom. The number of benzene rings is 1. The van der Waals surface area contributed by atoms with E-state index in [-0.39, 0.29) is 12.1 Å². The van der Waals surface area contributed by atoms with Gasteiger partial charge in [0.25, 0.3) is 0 Å². The van der Waals surface area contributed by atoms with E-state index in [1.54, 1.807) is 13.4 Å².